The third kappa shape index (κ3) is 6.88. The van der Waals surface area contributed by atoms with Crippen LogP contribution >= 0.6 is 0 Å². The molecular weight excluding hydrogens is 504 g/mol. The Labute approximate surface area is 227 Å². The molecule has 4 amide bonds. The van der Waals surface area contributed by atoms with Gasteiger partial charge in [-0.2, -0.15) is 0 Å². The Bertz CT molecular complexity index is 1190. The molecule has 1 aliphatic rings. The fourth-order valence-electron chi connectivity index (χ4n) is 4.77. The molecule has 0 radical (unpaired) electrons. The Hall–Kier alpha value is -4.06. The summed E-state index contributed by atoms with van der Waals surface area (Å²) in [7, 11) is 1.50. The van der Waals surface area contributed by atoms with Crippen LogP contribution in [0.25, 0.3) is 0 Å². The lowest BCUT2D eigenvalue weighted by molar-refractivity contribution is -0.147. The molecule has 1 saturated heterocycles. The van der Waals surface area contributed by atoms with Crippen LogP contribution in [0.5, 0.6) is 5.75 Å². The zero-order chi connectivity index (χ0) is 28.9. The first-order valence-electron chi connectivity index (χ1n) is 12.8. The van der Waals surface area contributed by atoms with Crippen molar-refractivity contribution in [3.05, 3.63) is 54.1 Å². The summed E-state index contributed by atoms with van der Waals surface area (Å²) in [5, 5.41) is 29.5. The molecule has 3 rings (SSSR count). The van der Waals surface area contributed by atoms with Crippen LogP contribution in [-0.4, -0.2) is 86.0 Å². The van der Waals surface area contributed by atoms with E-state index in [1.165, 1.54) is 30.3 Å². The molecule has 210 valence electrons. The number of aromatic nitrogens is 2. The molecule has 1 unspecified atom stereocenters. The number of amides is 4. The summed E-state index contributed by atoms with van der Waals surface area (Å²) in [6, 6.07) is 2.15. The van der Waals surface area contributed by atoms with Gasteiger partial charge in [-0.15, -0.1) is 0 Å². The van der Waals surface area contributed by atoms with Crippen molar-refractivity contribution in [2.45, 2.75) is 64.4 Å². The monoisotopic (exact) mass is 540 g/mol. The number of aliphatic hydroxyl groups is 1. The molecule has 5 N–H and O–H groups in total. The van der Waals surface area contributed by atoms with Crippen LogP contribution in [0.4, 0.5) is 0 Å². The maximum absolute atomic E-state index is 13.6. The molecule has 2 aromatic rings. The van der Waals surface area contributed by atoms with E-state index in [4.69, 9.17) is 0 Å². The fourth-order valence-corrected chi connectivity index (χ4v) is 4.77. The molecule has 12 heteroatoms. The quantitative estimate of drug-likeness (QED) is 0.352. The smallest absolute Gasteiger partial charge is 0.274 e. The highest BCUT2D eigenvalue weighted by atomic mass is 16.3. The SMILES string of the molecule is CC(C)C1C(=O)N[C@H](C)[C@H](NC(=O)c2ncccc2O)C(=O)N[C@@H](Cc2cccnc2)[C@@H](O)[C@@H](C)C(=O)N1C. The van der Waals surface area contributed by atoms with Gasteiger partial charge >= 0.3 is 0 Å². The van der Waals surface area contributed by atoms with Crippen LogP contribution in [0.1, 0.15) is 43.7 Å². The van der Waals surface area contributed by atoms with Gasteiger partial charge in [0.1, 0.15) is 17.8 Å². The second kappa shape index (κ2) is 12.7. The number of nitrogens with one attached hydrogen (secondary N) is 3. The normalized spacial score (nSPS) is 26.7. The van der Waals surface area contributed by atoms with Crippen molar-refractivity contribution in [3.8, 4) is 5.75 Å². The standard InChI is InChI=1S/C27H36N6O6/c1-14(2)22-26(38)30-16(4)20(32-25(37)21-19(34)9-7-11-29-21)24(36)31-18(12-17-8-6-10-28-13-17)23(35)15(3)27(39)33(22)5/h6-11,13-16,18,20,22-23,34-35H,12H2,1-5H3,(H,30,38)(H,31,36)(H,32,37)/t15-,16-,18+,20+,22?,23+/m1/s1. The van der Waals surface area contributed by atoms with Crippen molar-refractivity contribution in [1.29, 1.82) is 0 Å². The molecule has 1 fully saturated rings. The van der Waals surface area contributed by atoms with Crippen molar-refractivity contribution < 1.29 is 29.4 Å². The summed E-state index contributed by atoms with van der Waals surface area (Å²) < 4.78 is 0. The summed E-state index contributed by atoms with van der Waals surface area (Å²) >= 11 is 0. The maximum atomic E-state index is 13.6. The van der Waals surface area contributed by atoms with Gasteiger partial charge in [0.25, 0.3) is 5.91 Å². The van der Waals surface area contributed by atoms with E-state index in [0.717, 1.165) is 0 Å². The maximum Gasteiger partial charge on any atom is 0.274 e. The van der Waals surface area contributed by atoms with E-state index in [9.17, 15) is 29.4 Å². The minimum atomic E-state index is -1.33. The van der Waals surface area contributed by atoms with Gasteiger partial charge in [-0.1, -0.05) is 26.8 Å². The Kier molecular flexibility index (Phi) is 9.57. The average Bonchev–Trinajstić information content (AvgIpc) is 2.89. The predicted octanol–water partition coefficient (Wildman–Crippen LogP) is 0.00640. The van der Waals surface area contributed by atoms with Gasteiger partial charge in [-0.05, 0) is 43.0 Å². The minimum absolute atomic E-state index is 0.151. The van der Waals surface area contributed by atoms with Crippen molar-refractivity contribution in [1.82, 2.24) is 30.8 Å². The Morgan fingerprint density at radius 2 is 1.79 bits per heavy atom. The third-order valence-corrected chi connectivity index (χ3v) is 6.93. The van der Waals surface area contributed by atoms with E-state index in [-0.39, 0.29) is 23.8 Å². The molecule has 3 heterocycles. The molecule has 6 atom stereocenters. The second-order valence-electron chi connectivity index (χ2n) is 10.2. The molecule has 0 saturated carbocycles. The highest BCUT2D eigenvalue weighted by molar-refractivity contribution is 5.98. The highest BCUT2D eigenvalue weighted by Gasteiger charge is 2.41. The summed E-state index contributed by atoms with van der Waals surface area (Å²) in [6.07, 6.45) is 3.33. The lowest BCUT2D eigenvalue weighted by Gasteiger charge is -2.38. The molecule has 39 heavy (non-hydrogen) atoms. The number of rotatable bonds is 5. The van der Waals surface area contributed by atoms with Crippen molar-refractivity contribution in [2.24, 2.45) is 11.8 Å². The van der Waals surface area contributed by atoms with E-state index in [1.807, 2.05) is 0 Å². The number of nitrogens with zero attached hydrogens (tertiary/aromatic N) is 3. The number of likely N-dealkylation sites (N-methyl/N-ethyl adjacent to an activating group) is 1. The topological polar surface area (TPSA) is 174 Å². The zero-order valence-electron chi connectivity index (χ0n) is 22.7. The largest absolute Gasteiger partial charge is 0.505 e. The van der Waals surface area contributed by atoms with Gasteiger partial charge in [0, 0.05) is 25.6 Å². The highest BCUT2D eigenvalue weighted by Crippen LogP contribution is 2.20. The Morgan fingerprint density at radius 1 is 1.10 bits per heavy atom. The average molecular weight is 541 g/mol. The van der Waals surface area contributed by atoms with Crippen LogP contribution in [0.15, 0.2) is 42.9 Å². The molecule has 0 bridgehead atoms. The lowest BCUT2D eigenvalue weighted by Crippen LogP contribution is -2.64. The molecule has 0 spiro atoms. The van der Waals surface area contributed by atoms with Crippen LogP contribution in [-0.2, 0) is 20.8 Å². The van der Waals surface area contributed by atoms with Crippen LogP contribution < -0.4 is 16.0 Å². The molecule has 2 aromatic heterocycles. The number of aromatic hydroxyl groups is 1. The lowest BCUT2D eigenvalue weighted by atomic mass is 9.90. The molecule has 1 aliphatic heterocycles. The Morgan fingerprint density at radius 3 is 2.41 bits per heavy atom. The molecular formula is C27H36N6O6. The summed E-state index contributed by atoms with van der Waals surface area (Å²) in [4.78, 5) is 62.6. The van der Waals surface area contributed by atoms with Crippen molar-refractivity contribution >= 4 is 23.6 Å². The summed E-state index contributed by atoms with van der Waals surface area (Å²) in [5.41, 5.74) is 0.420. The molecule has 0 aliphatic carbocycles. The van der Waals surface area contributed by atoms with E-state index < -0.39 is 59.8 Å². The van der Waals surface area contributed by atoms with Crippen molar-refractivity contribution in [3.63, 3.8) is 0 Å². The Balaban J connectivity index is 2.03. The zero-order valence-corrected chi connectivity index (χ0v) is 22.7. The summed E-state index contributed by atoms with van der Waals surface area (Å²) in [5.74, 6) is -4.14. The number of aliphatic hydroxyl groups excluding tert-OH is 1. The first kappa shape index (κ1) is 29.5. The van der Waals surface area contributed by atoms with Gasteiger partial charge in [0.15, 0.2) is 5.69 Å². The first-order chi connectivity index (χ1) is 18.4. The molecule has 0 aromatic carbocycles. The van der Waals surface area contributed by atoms with Gasteiger partial charge in [-0.3, -0.25) is 24.2 Å². The fraction of sp³-hybridized carbons (Fsp3) is 0.481. The number of carbonyl (C=O) groups excluding carboxylic acids is 4. The number of carbonyl (C=O) groups is 4. The van der Waals surface area contributed by atoms with Gasteiger partial charge in [0.05, 0.1) is 24.1 Å². The predicted molar refractivity (Wildman–Crippen MR) is 141 cm³/mol. The number of hydrogen-bond donors (Lipinski definition) is 5. The number of hydrogen-bond acceptors (Lipinski definition) is 8. The second-order valence-corrected chi connectivity index (χ2v) is 10.2. The van der Waals surface area contributed by atoms with E-state index in [2.05, 4.69) is 25.9 Å². The van der Waals surface area contributed by atoms with Crippen LogP contribution in [0.3, 0.4) is 0 Å². The van der Waals surface area contributed by atoms with Crippen LogP contribution in [0, 0.1) is 11.8 Å². The van der Waals surface area contributed by atoms with Crippen molar-refractivity contribution in [2.75, 3.05) is 7.05 Å². The summed E-state index contributed by atoms with van der Waals surface area (Å²) in [6.45, 7) is 6.65. The van der Waals surface area contributed by atoms with Gasteiger partial charge in [-0.25, -0.2) is 4.98 Å². The van der Waals surface area contributed by atoms with E-state index in [0.29, 0.717) is 5.56 Å². The van der Waals surface area contributed by atoms with E-state index >= 15 is 0 Å². The van der Waals surface area contributed by atoms with E-state index in [1.54, 1.807) is 52.2 Å². The van der Waals surface area contributed by atoms with Crippen LogP contribution in [0.2, 0.25) is 0 Å². The van der Waals surface area contributed by atoms with Gasteiger partial charge in [0.2, 0.25) is 17.7 Å². The molecule has 12 nitrogen and oxygen atoms in total. The van der Waals surface area contributed by atoms with Gasteiger partial charge < -0.3 is 31.1 Å². The minimum Gasteiger partial charge on any atom is -0.505 e. The number of pyridine rings is 2. The third-order valence-electron chi connectivity index (χ3n) is 6.93. The first-order valence-corrected chi connectivity index (χ1v) is 12.8.